The SMILES string of the molecule is Cn1ccc(Cn2c(=O)n(C)c3cc(Br)ccc32)n1. The van der Waals surface area contributed by atoms with Gasteiger partial charge in [0.05, 0.1) is 23.3 Å². The molecule has 0 saturated carbocycles. The normalized spacial score (nSPS) is 11.3. The van der Waals surface area contributed by atoms with Crippen LogP contribution in [0, 0.1) is 0 Å². The first kappa shape index (κ1) is 12.2. The minimum absolute atomic E-state index is 0.0289. The van der Waals surface area contributed by atoms with Crippen LogP contribution in [0.4, 0.5) is 0 Å². The first-order valence-corrected chi connectivity index (χ1v) is 6.69. The third-order valence-corrected chi connectivity index (χ3v) is 3.69. The van der Waals surface area contributed by atoms with E-state index in [0.717, 1.165) is 21.2 Å². The monoisotopic (exact) mass is 320 g/mol. The van der Waals surface area contributed by atoms with Gasteiger partial charge in [-0.05, 0) is 24.3 Å². The maximum absolute atomic E-state index is 12.3. The second kappa shape index (κ2) is 4.38. The van der Waals surface area contributed by atoms with Crippen molar-refractivity contribution in [2.45, 2.75) is 6.54 Å². The summed E-state index contributed by atoms with van der Waals surface area (Å²) in [6.45, 7) is 0.485. The summed E-state index contributed by atoms with van der Waals surface area (Å²) in [6, 6.07) is 7.76. The highest BCUT2D eigenvalue weighted by atomic mass is 79.9. The number of fused-ring (bicyclic) bond motifs is 1. The molecule has 0 aliphatic rings. The molecule has 1 aromatic carbocycles. The average molecular weight is 321 g/mol. The van der Waals surface area contributed by atoms with Gasteiger partial charge in [-0.25, -0.2) is 4.79 Å². The fourth-order valence-electron chi connectivity index (χ4n) is 2.24. The Morgan fingerprint density at radius 1 is 1.21 bits per heavy atom. The number of hydrogen-bond acceptors (Lipinski definition) is 2. The highest BCUT2D eigenvalue weighted by Crippen LogP contribution is 2.19. The molecule has 0 bridgehead atoms. The number of aromatic nitrogens is 4. The summed E-state index contributed by atoms with van der Waals surface area (Å²) in [7, 11) is 3.65. The minimum atomic E-state index is -0.0289. The molecule has 5 nitrogen and oxygen atoms in total. The number of rotatable bonds is 2. The van der Waals surface area contributed by atoms with Crippen molar-refractivity contribution in [1.82, 2.24) is 18.9 Å². The zero-order valence-electron chi connectivity index (χ0n) is 10.7. The van der Waals surface area contributed by atoms with E-state index in [0.29, 0.717) is 6.54 Å². The Morgan fingerprint density at radius 3 is 2.68 bits per heavy atom. The quantitative estimate of drug-likeness (QED) is 0.723. The molecule has 3 aromatic rings. The largest absolute Gasteiger partial charge is 0.329 e. The van der Waals surface area contributed by atoms with Gasteiger partial charge in [-0.2, -0.15) is 5.10 Å². The lowest BCUT2D eigenvalue weighted by molar-refractivity contribution is 0.687. The van der Waals surface area contributed by atoms with E-state index in [-0.39, 0.29) is 5.69 Å². The lowest BCUT2D eigenvalue weighted by atomic mass is 10.3. The van der Waals surface area contributed by atoms with Crippen molar-refractivity contribution in [2.75, 3.05) is 0 Å². The van der Waals surface area contributed by atoms with Gasteiger partial charge in [-0.15, -0.1) is 0 Å². The van der Waals surface area contributed by atoms with Gasteiger partial charge in [-0.1, -0.05) is 15.9 Å². The number of hydrogen-bond donors (Lipinski definition) is 0. The second-order valence-corrected chi connectivity index (χ2v) is 5.46. The van der Waals surface area contributed by atoms with Crippen molar-refractivity contribution in [3.8, 4) is 0 Å². The molecule has 0 aliphatic carbocycles. The molecule has 0 spiro atoms. The highest BCUT2D eigenvalue weighted by Gasteiger charge is 2.12. The molecule has 0 aliphatic heterocycles. The van der Waals surface area contributed by atoms with E-state index in [1.165, 1.54) is 0 Å². The van der Waals surface area contributed by atoms with Crippen molar-refractivity contribution < 1.29 is 0 Å². The standard InChI is InChI=1S/C13H13BrN4O/c1-16-6-5-10(15-16)8-18-11-4-3-9(14)7-12(11)17(2)13(18)19/h3-7H,8H2,1-2H3. The summed E-state index contributed by atoms with van der Waals surface area (Å²) in [4.78, 5) is 12.3. The van der Waals surface area contributed by atoms with Crippen LogP contribution in [0.5, 0.6) is 0 Å². The number of imidazole rings is 1. The van der Waals surface area contributed by atoms with Crippen LogP contribution in [-0.2, 0) is 20.6 Å². The Labute approximate surface area is 118 Å². The molecule has 0 radical (unpaired) electrons. The number of aryl methyl sites for hydroxylation is 2. The molecule has 0 saturated heterocycles. The van der Waals surface area contributed by atoms with Gasteiger partial charge in [0, 0.05) is 24.8 Å². The third-order valence-electron chi connectivity index (χ3n) is 3.20. The Bertz CT molecular complexity index is 812. The molecule has 6 heteroatoms. The Balaban J connectivity index is 2.18. The minimum Gasteiger partial charge on any atom is -0.295 e. The summed E-state index contributed by atoms with van der Waals surface area (Å²) >= 11 is 3.43. The second-order valence-electron chi connectivity index (χ2n) is 4.54. The molecule has 3 rings (SSSR count). The zero-order chi connectivity index (χ0) is 13.6. The summed E-state index contributed by atoms with van der Waals surface area (Å²) in [5.41, 5.74) is 2.68. The highest BCUT2D eigenvalue weighted by molar-refractivity contribution is 9.10. The van der Waals surface area contributed by atoms with Crippen molar-refractivity contribution in [3.63, 3.8) is 0 Å². The van der Waals surface area contributed by atoms with Crippen LogP contribution in [0.1, 0.15) is 5.69 Å². The van der Waals surface area contributed by atoms with Gasteiger partial charge in [0.2, 0.25) is 0 Å². The van der Waals surface area contributed by atoms with Gasteiger partial charge >= 0.3 is 5.69 Å². The van der Waals surface area contributed by atoms with Gasteiger partial charge in [0.15, 0.2) is 0 Å². The number of benzene rings is 1. The number of halogens is 1. The Hall–Kier alpha value is -1.82. The van der Waals surface area contributed by atoms with E-state index in [9.17, 15) is 4.79 Å². The molecule has 0 atom stereocenters. The molecule has 2 heterocycles. The molecule has 0 N–H and O–H groups in total. The van der Waals surface area contributed by atoms with E-state index >= 15 is 0 Å². The summed E-state index contributed by atoms with van der Waals surface area (Å²) in [5.74, 6) is 0. The topological polar surface area (TPSA) is 44.8 Å². The molecule has 0 amide bonds. The molecular formula is C13H13BrN4O. The van der Waals surface area contributed by atoms with Crippen LogP contribution in [-0.4, -0.2) is 18.9 Å². The van der Waals surface area contributed by atoms with Gasteiger partial charge in [0.1, 0.15) is 0 Å². The summed E-state index contributed by atoms with van der Waals surface area (Å²) < 4.78 is 6.10. The molecule has 98 valence electrons. The molecule has 0 unspecified atom stereocenters. The van der Waals surface area contributed by atoms with Crippen LogP contribution >= 0.6 is 15.9 Å². The first-order valence-electron chi connectivity index (χ1n) is 5.89. The van der Waals surface area contributed by atoms with Crippen LogP contribution < -0.4 is 5.69 Å². The third kappa shape index (κ3) is 2.02. The Kier molecular flexibility index (Phi) is 2.82. The molecule has 0 fully saturated rings. The van der Waals surface area contributed by atoms with Gasteiger partial charge < -0.3 is 0 Å². The van der Waals surface area contributed by atoms with Crippen molar-refractivity contribution >= 4 is 27.0 Å². The lowest BCUT2D eigenvalue weighted by Crippen LogP contribution is -2.22. The maximum atomic E-state index is 12.3. The van der Waals surface area contributed by atoms with E-state index in [4.69, 9.17) is 0 Å². The van der Waals surface area contributed by atoms with Gasteiger partial charge in [0.25, 0.3) is 0 Å². The summed E-state index contributed by atoms with van der Waals surface area (Å²) in [5, 5.41) is 4.32. The Morgan fingerprint density at radius 2 is 2.00 bits per heavy atom. The van der Waals surface area contributed by atoms with Gasteiger partial charge in [-0.3, -0.25) is 13.8 Å². The lowest BCUT2D eigenvalue weighted by Gasteiger charge is -2.00. The molecule has 2 aromatic heterocycles. The van der Waals surface area contributed by atoms with E-state index in [1.54, 1.807) is 20.9 Å². The van der Waals surface area contributed by atoms with Crippen LogP contribution in [0.2, 0.25) is 0 Å². The number of nitrogens with zero attached hydrogens (tertiary/aromatic N) is 4. The van der Waals surface area contributed by atoms with E-state index in [2.05, 4.69) is 21.0 Å². The van der Waals surface area contributed by atoms with Crippen LogP contribution in [0.25, 0.3) is 11.0 Å². The van der Waals surface area contributed by atoms with Crippen molar-refractivity contribution in [1.29, 1.82) is 0 Å². The van der Waals surface area contributed by atoms with Crippen molar-refractivity contribution in [3.05, 3.63) is 51.1 Å². The zero-order valence-corrected chi connectivity index (χ0v) is 12.3. The fourth-order valence-corrected chi connectivity index (χ4v) is 2.59. The molecular weight excluding hydrogens is 308 g/mol. The average Bonchev–Trinajstić information content (AvgIpc) is 2.88. The van der Waals surface area contributed by atoms with E-state index < -0.39 is 0 Å². The molecule has 19 heavy (non-hydrogen) atoms. The van der Waals surface area contributed by atoms with E-state index in [1.807, 2.05) is 37.5 Å². The van der Waals surface area contributed by atoms with Crippen LogP contribution in [0.15, 0.2) is 39.7 Å². The predicted octanol–water partition coefficient (Wildman–Crippen LogP) is 1.88. The van der Waals surface area contributed by atoms with Crippen LogP contribution in [0.3, 0.4) is 0 Å². The maximum Gasteiger partial charge on any atom is 0.329 e. The fraction of sp³-hybridized carbons (Fsp3) is 0.231. The smallest absolute Gasteiger partial charge is 0.295 e. The summed E-state index contributed by atoms with van der Waals surface area (Å²) in [6.07, 6.45) is 1.88. The first-order chi connectivity index (χ1) is 9.06. The predicted molar refractivity (Wildman–Crippen MR) is 77.2 cm³/mol. The van der Waals surface area contributed by atoms with Crippen molar-refractivity contribution in [2.24, 2.45) is 14.1 Å².